The van der Waals surface area contributed by atoms with Crippen molar-refractivity contribution < 1.29 is 4.74 Å². The number of nitrogens with one attached hydrogen (secondary N) is 1. The van der Waals surface area contributed by atoms with Crippen molar-refractivity contribution in [3.63, 3.8) is 0 Å². The number of pyridine rings is 1. The summed E-state index contributed by atoms with van der Waals surface area (Å²) < 4.78 is 5.04. The molecule has 3 rings (SSSR count). The molecule has 4 heteroatoms. The third kappa shape index (κ3) is 4.26. The molecule has 1 aliphatic heterocycles. The van der Waals surface area contributed by atoms with E-state index in [0.717, 1.165) is 25.2 Å². The summed E-state index contributed by atoms with van der Waals surface area (Å²) in [5.74, 6) is 0.373. The predicted molar refractivity (Wildman–Crippen MR) is 96.4 cm³/mol. The second-order valence-corrected chi connectivity index (χ2v) is 6.54. The lowest BCUT2D eigenvalue weighted by Crippen LogP contribution is -2.39. The summed E-state index contributed by atoms with van der Waals surface area (Å²) in [5, 5.41) is 0. The zero-order valence-electron chi connectivity index (χ0n) is 14.3. The lowest BCUT2D eigenvalue weighted by atomic mass is 9.95. The number of rotatable bonds is 6. The Morgan fingerprint density at radius 2 is 2.08 bits per heavy atom. The first kappa shape index (κ1) is 16.8. The summed E-state index contributed by atoms with van der Waals surface area (Å²) in [7, 11) is 1.52. The standard InChI is InChI=1S/C20H26N2O2/c1-24-20-14-21-17(13-19(20)23)15-22-12-6-5-9-18(22)11-10-16-7-3-2-4-8-16/h2-4,7-8,13-14,18H,5-6,9-12,15H2,1H3,(H,21,23). The number of methoxy groups -OCH3 is 1. The molecule has 4 nitrogen and oxygen atoms in total. The topological polar surface area (TPSA) is 45.3 Å². The molecule has 0 amide bonds. The number of aryl methyl sites for hydroxylation is 1. The van der Waals surface area contributed by atoms with Crippen molar-refractivity contribution in [1.29, 1.82) is 0 Å². The molecule has 1 fully saturated rings. The van der Waals surface area contributed by atoms with Gasteiger partial charge in [-0.25, -0.2) is 0 Å². The molecule has 1 aromatic carbocycles. The highest BCUT2D eigenvalue weighted by molar-refractivity contribution is 5.20. The van der Waals surface area contributed by atoms with E-state index < -0.39 is 0 Å². The molecule has 0 spiro atoms. The second kappa shape index (κ2) is 8.15. The molecule has 1 atom stereocenters. The molecule has 1 aliphatic rings. The number of aromatic nitrogens is 1. The highest BCUT2D eigenvalue weighted by atomic mass is 16.5. The molecule has 24 heavy (non-hydrogen) atoms. The smallest absolute Gasteiger partial charge is 0.223 e. The van der Waals surface area contributed by atoms with Crippen molar-refractivity contribution in [1.82, 2.24) is 9.88 Å². The van der Waals surface area contributed by atoms with Crippen LogP contribution < -0.4 is 10.2 Å². The van der Waals surface area contributed by atoms with Gasteiger partial charge in [0.2, 0.25) is 5.43 Å². The lowest BCUT2D eigenvalue weighted by Gasteiger charge is -2.35. The number of likely N-dealkylation sites (tertiary alicyclic amines) is 1. The van der Waals surface area contributed by atoms with E-state index in [4.69, 9.17) is 4.74 Å². The van der Waals surface area contributed by atoms with Crippen LogP contribution in [-0.2, 0) is 13.0 Å². The fourth-order valence-corrected chi connectivity index (χ4v) is 3.54. The van der Waals surface area contributed by atoms with Crippen molar-refractivity contribution in [2.45, 2.75) is 44.7 Å². The van der Waals surface area contributed by atoms with Gasteiger partial charge in [-0.05, 0) is 37.8 Å². The fraction of sp³-hybridized carbons (Fsp3) is 0.450. The molecule has 2 heterocycles. The van der Waals surface area contributed by atoms with Crippen molar-refractivity contribution >= 4 is 0 Å². The van der Waals surface area contributed by atoms with Crippen LogP contribution in [0.15, 0.2) is 47.4 Å². The third-order valence-corrected chi connectivity index (χ3v) is 4.89. The average Bonchev–Trinajstić information content (AvgIpc) is 2.62. The zero-order valence-corrected chi connectivity index (χ0v) is 14.3. The normalized spacial score (nSPS) is 18.5. The summed E-state index contributed by atoms with van der Waals surface area (Å²) in [6, 6.07) is 12.9. The Balaban J connectivity index is 1.63. The maximum absolute atomic E-state index is 11.9. The van der Waals surface area contributed by atoms with Crippen molar-refractivity contribution in [2.24, 2.45) is 0 Å². The maximum atomic E-state index is 11.9. The number of hydrogen-bond acceptors (Lipinski definition) is 3. The van der Waals surface area contributed by atoms with Gasteiger partial charge < -0.3 is 9.72 Å². The monoisotopic (exact) mass is 326 g/mol. The lowest BCUT2D eigenvalue weighted by molar-refractivity contribution is 0.131. The summed E-state index contributed by atoms with van der Waals surface area (Å²) in [6.45, 7) is 1.91. The fourth-order valence-electron chi connectivity index (χ4n) is 3.54. The van der Waals surface area contributed by atoms with Gasteiger partial charge in [0.05, 0.1) is 7.11 Å². The number of piperidine rings is 1. The van der Waals surface area contributed by atoms with Crippen molar-refractivity contribution in [2.75, 3.05) is 13.7 Å². The summed E-state index contributed by atoms with van der Waals surface area (Å²) in [5.41, 5.74) is 2.32. The predicted octanol–water partition coefficient (Wildman–Crippen LogP) is 3.37. The quantitative estimate of drug-likeness (QED) is 0.885. The van der Waals surface area contributed by atoms with Gasteiger partial charge in [-0.1, -0.05) is 36.8 Å². The third-order valence-electron chi connectivity index (χ3n) is 4.89. The first-order chi connectivity index (χ1) is 11.8. The molecule has 1 saturated heterocycles. The van der Waals surface area contributed by atoms with Gasteiger partial charge in [0, 0.05) is 30.5 Å². The van der Waals surface area contributed by atoms with Gasteiger partial charge in [-0.15, -0.1) is 0 Å². The number of H-pyrrole nitrogens is 1. The minimum atomic E-state index is -0.0518. The van der Waals surface area contributed by atoms with Crippen LogP contribution in [0, 0.1) is 0 Å². The molecule has 1 aromatic heterocycles. The van der Waals surface area contributed by atoms with Crippen LogP contribution >= 0.6 is 0 Å². The molecule has 2 aromatic rings. The number of ether oxygens (including phenoxy) is 1. The number of nitrogens with zero attached hydrogens (tertiary/aromatic N) is 1. The minimum absolute atomic E-state index is 0.0518. The number of hydrogen-bond donors (Lipinski definition) is 1. The Hall–Kier alpha value is -2.07. The Morgan fingerprint density at radius 3 is 2.83 bits per heavy atom. The molecule has 1 N–H and O–H groups in total. The van der Waals surface area contributed by atoms with Gasteiger partial charge in [0.25, 0.3) is 0 Å². The Bertz CT molecular complexity index is 696. The van der Waals surface area contributed by atoms with Crippen LogP contribution in [0.5, 0.6) is 5.75 Å². The molecule has 0 aliphatic carbocycles. The number of aromatic amines is 1. The van der Waals surface area contributed by atoms with Crippen molar-refractivity contribution in [3.05, 3.63) is 64.1 Å². The summed E-state index contributed by atoms with van der Waals surface area (Å²) in [4.78, 5) is 17.7. The Labute approximate surface area is 143 Å². The number of benzene rings is 1. The van der Waals surface area contributed by atoms with E-state index in [1.807, 2.05) is 0 Å². The summed E-state index contributed by atoms with van der Waals surface area (Å²) in [6.07, 6.45) is 7.73. The first-order valence-electron chi connectivity index (χ1n) is 8.80. The van der Waals surface area contributed by atoms with Crippen LogP contribution in [-0.4, -0.2) is 29.6 Å². The molecule has 1 unspecified atom stereocenters. The van der Waals surface area contributed by atoms with E-state index in [9.17, 15) is 4.79 Å². The van der Waals surface area contributed by atoms with Crippen LogP contribution in [0.1, 0.15) is 36.9 Å². The Kier molecular flexibility index (Phi) is 5.70. The average molecular weight is 326 g/mol. The highest BCUT2D eigenvalue weighted by Crippen LogP contribution is 2.23. The van der Waals surface area contributed by atoms with E-state index in [1.54, 1.807) is 12.3 Å². The van der Waals surface area contributed by atoms with Crippen LogP contribution in [0.4, 0.5) is 0 Å². The second-order valence-electron chi connectivity index (χ2n) is 6.54. The largest absolute Gasteiger partial charge is 0.491 e. The van der Waals surface area contributed by atoms with Gasteiger partial charge in [0.15, 0.2) is 5.75 Å². The van der Waals surface area contributed by atoms with Gasteiger partial charge in [-0.2, -0.15) is 0 Å². The van der Waals surface area contributed by atoms with Crippen LogP contribution in [0.25, 0.3) is 0 Å². The Morgan fingerprint density at radius 1 is 1.25 bits per heavy atom. The van der Waals surface area contributed by atoms with E-state index in [0.29, 0.717) is 11.8 Å². The van der Waals surface area contributed by atoms with E-state index >= 15 is 0 Å². The maximum Gasteiger partial charge on any atom is 0.223 e. The van der Waals surface area contributed by atoms with E-state index in [1.165, 1.54) is 38.4 Å². The zero-order chi connectivity index (χ0) is 16.8. The van der Waals surface area contributed by atoms with Gasteiger partial charge in [0.1, 0.15) is 0 Å². The molecular formula is C20H26N2O2. The van der Waals surface area contributed by atoms with Gasteiger partial charge >= 0.3 is 0 Å². The van der Waals surface area contributed by atoms with Gasteiger partial charge in [-0.3, -0.25) is 9.69 Å². The van der Waals surface area contributed by atoms with E-state index in [2.05, 4.69) is 40.2 Å². The van der Waals surface area contributed by atoms with Crippen LogP contribution in [0.3, 0.4) is 0 Å². The van der Waals surface area contributed by atoms with E-state index in [-0.39, 0.29) is 5.43 Å². The molecular weight excluding hydrogens is 300 g/mol. The minimum Gasteiger partial charge on any atom is -0.491 e. The SMILES string of the molecule is COc1c[nH]c(CN2CCCCC2CCc2ccccc2)cc1=O. The molecule has 0 radical (unpaired) electrons. The molecule has 128 valence electrons. The molecule has 0 saturated carbocycles. The first-order valence-corrected chi connectivity index (χ1v) is 8.80. The summed E-state index contributed by atoms with van der Waals surface area (Å²) >= 11 is 0. The highest BCUT2D eigenvalue weighted by Gasteiger charge is 2.22. The molecule has 0 bridgehead atoms. The van der Waals surface area contributed by atoms with Crippen LogP contribution in [0.2, 0.25) is 0 Å². The van der Waals surface area contributed by atoms with Crippen molar-refractivity contribution in [3.8, 4) is 5.75 Å².